The van der Waals surface area contributed by atoms with E-state index in [1.165, 1.54) is 0 Å². The molecule has 0 aromatic heterocycles. The first-order valence-electron chi connectivity index (χ1n) is 4.56. The summed E-state index contributed by atoms with van der Waals surface area (Å²) < 4.78 is 5.11. The Hall–Kier alpha value is -1.26. The van der Waals surface area contributed by atoms with Gasteiger partial charge >= 0.3 is 5.97 Å². The summed E-state index contributed by atoms with van der Waals surface area (Å²) in [5.74, 6) is -0.381. The zero-order chi connectivity index (χ0) is 11.1. The lowest BCUT2D eigenvalue weighted by molar-refractivity contribution is 0.0439. The van der Waals surface area contributed by atoms with Crippen molar-refractivity contribution >= 4 is 23.6 Å². The van der Waals surface area contributed by atoms with Crippen molar-refractivity contribution in [1.82, 2.24) is 5.32 Å². The number of nitrogens with one attached hydrogen (secondary N) is 1. The van der Waals surface area contributed by atoms with Crippen LogP contribution in [0.2, 0.25) is 0 Å². The Bertz CT molecular complexity index is 327. The summed E-state index contributed by atoms with van der Waals surface area (Å²) in [6.45, 7) is 0.474. The third kappa shape index (κ3) is 3.77. The van der Waals surface area contributed by atoms with E-state index in [1.807, 2.05) is 6.07 Å². The minimum Gasteiger partial charge on any atom is -0.452 e. The third-order valence-electron chi connectivity index (χ3n) is 1.78. The van der Waals surface area contributed by atoms with E-state index in [9.17, 15) is 4.79 Å². The Kier molecular flexibility index (Phi) is 4.93. The molecule has 79 valence electrons. The van der Waals surface area contributed by atoms with Gasteiger partial charge in [0.05, 0.1) is 10.9 Å². The van der Waals surface area contributed by atoms with Gasteiger partial charge in [0.25, 0.3) is 0 Å². The van der Waals surface area contributed by atoms with Gasteiger partial charge in [0.2, 0.25) is 0 Å². The van der Waals surface area contributed by atoms with Gasteiger partial charge in [-0.2, -0.15) is 0 Å². The second-order valence-electron chi connectivity index (χ2n) is 2.94. The molecule has 1 aromatic rings. The molecule has 1 radical (unpaired) electrons. The molecule has 0 amide bonds. The van der Waals surface area contributed by atoms with Crippen LogP contribution in [0.25, 0.3) is 0 Å². The average molecular weight is 222 g/mol. The van der Waals surface area contributed by atoms with Gasteiger partial charge in [-0.15, -0.1) is 0 Å². The molecule has 0 saturated heterocycles. The summed E-state index contributed by atoms with van der Waals surface area (Å²) in [4.78, 5) is 11.6. The quantitative estimate of drug-likeness (QED) is 0.602. The number of esters is 1. The molecule has 1 rings (SSSR count). The molecule has 0 fully saturated rings. The molecular weight excluding hydrogens is 210 g/mol. The number of hydrogen-bond acceptors (Lipinski definition) is 4. The average Bonchev–Trinajstić information content (AvgIpc) is 2.29. The maximum Gasteiger partial charge on any atom is 0.338 e. The SMILES string of the molecule is CNCC([C]=S)OC(=O)c1ccccc1. The van der Waals surface area contributed by atoms with Crippen molar-refractivity contribution in [2.75, 3.05) is 13.6 Å². The van der Waals surface area contributed by atoms with Crippen molar-refractivity contribution < 1.29 is 9.53 Å². The predicted molar refractivity (Wildman–Crippen MR) is 62.2 cm³/mol. The fourth-order valence-electron chi connectivity index (χ4n) is 1.06. The van der Waals surface area contributed by atoms with Gasteiger partial charge in [0, 0.05) is 6.54 Å². The molecule has 1 aromatic carbocycles. The number of thiocarbonyl (C=S) groups is 1. The molecule has 0 heterocycles. The molecule has 0 aliphatic heterocycles. The summed E-state index contributed by atoms with van der Waals surface area (Å²) in [5.41, 5.74) is 0.517. The second kappa shape index (κ2) is 6.27. The van der Waals surface area contributed by atoms with E-state index in [4.69, 9.17) is 4.74 Å². The minimum atomic E-state index is -0.488. The van der Waals surface area contributed by atoms with Gasteiger partial charge in [0.1, 0.15) is 0 Å². The number of ether oxygens (including phenoxy) is 1. The summed E-state index contributed by atoms with van der Waals surface area (Å²) >= 11 is 4.64. The highest BCUT2D eigenvalue weighted by molar-refractivity contribution is 7.79. The van der Waals surface area contributed by atoms with Gasteiger partial charge in [-0.3, -0.25) is 0 Å². The highest BCUT2D eigenvalue weighted by Gasteiger charge is 2.12. The number of rotatable bonds is 5. The highest BCUT2D eigenvalue weighted by Crippen LogP contribution is 2.02. The molecule has 1 atom stereocenters. The lowest BCUT2D eigenvalue weighted by Crippen LogP contribution is -2.29. The van der Waals surface area contributed by atoms with E-state index < -0.39 is 6.10 Å². The van der Waals surface area contributed by atoms with E-state index in [0.29, 0.717) is 12.1 Å². The van der Waals surface area contributed by atoms with Crippen LogP contribution in [-0.4, -0.2) is 31.0 Å². The van der Waals surface area contributed by atoms with Crippen LogP contribution < -0.4 is 5.32 Å². The molecule has 0 spiro atoms. The smallest absolute Gasteiger partial charge is 0.338 e. The van der Waals surface area contributed by atoms with Gasteiger partial charge in [-0.05, 0) is 19.2 Å². The Morgan fingerprint density at radius 2 is 2.20 bits per heavy atom. The van der Waals surface area contributed by atoms with Crippen molar-refractivity contribution in [1.29, 1.82) is 0 Å². The van der Waals surface area contributed by atoms with Crippen LogP contribution >= 0.6 is 12.2 Å². The number of benzene rings is 1. The highest BCUT2D eigenvalue weighted by atomic mass is 32.1. The first-order chi connectivity index (χ1) is 7.27. The lowest BCUT2D eigenvalue weighted by Gasteiger charge is -2.11. The molecule has 15 heavy (non-hydrogen) atoms. The molecule has 1 N–H and O–H groups in total. The molecule has 0 saturated carbocycles. The fourth-order valence-corrected chi connectivity index (χ4v) is 1.20. The van der Waals surface area contributed by atoms with E-state index in [0.717, 1.165) is 0 Å². The predicted octanol–water partition coefficient (Wildman–Crippen LogP) is 1.31. The Morgan fingerprint density at radius 1 is 1.53 bits per heavy atom. The van der Waals surface area contributed by atoms with Gasteiger partial charge in [-0.25, -0.2) is 4.79 Å². The van der Waals surface area contributed by atoms with E-state index in [2.05, 4.69) is 22.9 Å². The Labute approximate surface area is 94.4 Å². The molecular formula is C11H12NO2S. The van der Waals surface area contributed by atoms with E-state index >= 15 is 0 Å². The topological polar surface area (TPSA) is 38.3 Å². The van der Waals surface area contributed by atoms with Crippen LogP contribution in [0.4, 0.5) is 0 Å². The summed E-state index contributed by atoms with van der Waals surface area (Å²) in [6.07, 6.45) is -0.488. The van der Waals surface area contributed by atoms with Gasteiger partial charge in [-0.1, -0.05) is 30.4 Å². The van der Waals surface area contributed by atoms with Crippen LogP contribution in [0.3, 0.4) is 0 Å². The maximum absolute atomic E-state index is 11.6. The lowest BCUT2D eigenvalue weighted by atomic mass is 10.2. The zero-order valence-corrected chi connectivity index (χ0v) is 9.21. The van der Waals surface area contributed by atoms with Crippen molar-refractivity contribution in [3.8, 4) is 0 Å². The van der Waals surface area contributed by atoms with E-state index in [-0.39, 0.29) is 5.97 Å². The number of likely N-dealkylation sites (N-methyl/N-ethyl adjacent to an activating group) is 1. The number of hydrogen-bond donors (Lipinski definition) is 1. The van der Waals surface area contributed by atoms with Crippen molar-refractivity contribution in [3.63, 3.8) is 0 Å². The molecule has 0 aliphatic rings. The van der Waals surface area contributed by atoms with Crippen molar-refractivity contribution in [2.45, 2.75) is 6.10 Å². The number of carbonyl (C=O) groups excluding carboxylic acids is 1. The van der Waals surface area contributed by atoms with Gasteiger partial charge in [0.15, 0.2) is 6.10 Å². The molecule has 1 unspecified atom stereocenters. The van der Waals surface area contributed by atoms with E-state index in [1.54, 1.807) is 31.3 Å². The van der Waals surface area contributed by atoms with Crippen LogP contribution in [0.5, 0.6) is 0 Å². The zero-order valence-electron chi connectivity index (χ0n) is 8.40. The second-order valence-corrected chi connectivity index (χ2v) is 3.17. The summed E-state index contributed by atoms with van der Waals surface area (Å²) in [5, 5.41) is 5.35. The third-order valence-corrected chi connectivity index (χ3v) is 2.04. The first-order valence-corrected chi connectivity index (χ1v) is 4.97. The Morgan fingerprint density at radius 3 is 2.73 bits per heavy atom. The maximum atomic E-state index is 11.6. The standard InChI is InChI=1S/C11H12NO2S/c1-12-7-10(8-15)14-11(13)9-5-3-2-4-6-9/h2-6,10,12H,7H2,1H3. The molecule has 3 nitrogen and oxygen atoms in total. The largest absolute Gasteiger partial charge is 0.452 e. The van der Waals surface area contributed by atoms with Crippen LogP contribution in [0.1, 0.15) is 10.4 Å². The molecule has 0 bridgehead atoms. The monoisotopic (exact) mass is 222 g/mol. The number of carbonyl (C=O) groups is 1. The molecule has 4 heteroatoms. The first kappa shape index (κ1) is 11.8. The summed E-state index contributed by atoms with van der Waals surface area (Å²) in [7, 11) is 1.76. The fraction of sp³-hybridized carbons (Fsp3) is 0.273. The van der Waals surface area contributed by atoms with Crippen molar-refractivity contribution in [2.24, 2.45) is 0 Å². The normalized spacial score (nSPS) is 11.8. The van der Waals surface area contributed by atoms with Crippen LogP contribution in [-0.2, 0) is 4.74 Å². The Balaban J connectivity index is 2.58. The van der Waals surface area contributed by atoms with Crippen LogP contribution in [0.15, 0.2) is 30.3 Å². The van der Waals surface area contributed by atoms with Crippen molar-refractivity contribution in [3.05, 3.63) is 35.9 Å². The van der Waals surface area contributed by atoms with Crippen LogP contribution in [0, 0.1) is 0 Å². The summed E-state index contributed by atoms with van der Waals surface area (Å²) in [6, 6.07) is 8.80. The minimum absolute atomic E-state index is 0.381. The molecule has 0 aliphatic carbocycles. The van der Waals surface area contributed by atoms with Gasteiger partial charge < -0.3 is 10.1 Å².